The lowest BCUT2D eigenvalue weighted by atomic mass is 10.1. The van der Waals surface area contributed by atoms with Gasteiger partial charge in [0.25, 0.3) is 5.91 Å². The number of hydrogen-bond donors (Lipinski definition) is 1. The molecule has 0 aromatic heterocycles. The van der Waals surface area contributed by atoms with Crippen LogP contribution in [-0.2, 0) is 4.79 Å². The summed E-state index contributed by atoms with van der Waals surface area (Å²) in [7, 11) is 0. The summed E-state index contributed by atoms with van der Waals surface area (Å²) in [5.74, 6) is 0.440. The lowest BCUT2D eigenvalue weighted by molar-refractivity contribution is -0.130. The number of nitrogens with zero attached hydrogens (tertiary/aromatic N) is 1. The Morgan fingerprint density at radius 2 is 1.92 bits per heavy atom. The number of para-hydroxylation sites is 2. The van der Waals surface area contributed by atoms with Crippen LogP contribution in [0.5, 0.6) is 11.5 Å². The van der Waals surface area contributed by atoms with E-state index in [1.165, 1.54) is 12.1 Å². The summed E-state index contributed by atoms with van der Waals surface area (Å²) in [6, 6.07) is 13.1. The fourth-order valence-electron chi connectivity index (χ4n) is 2.33. The first-order chi connectivity index (χ1) is 11.7. The molecule has 2 aromatic rings. The highest BCUT2D eigenvalue weighted by Gasteiger charge is 2.27. The highest BCUT2D eigenvalue weighted by molar-refractivity contribution is 6.01. The van der Waals surface area contributed by atoms with Gasteiger partial charge in [-0.25, -0.2) is 9.82 Å². The van der Waals surface area contributed by atoms with Crippen molar-refractivity contribution in [1.29, 1.82) is 0 Å². The Hall–Kier alpha value is -2.89. The van der Waals surface area contributed by atoms with E-state index in [-0.39, 0.29) is 12.4 Å². The van der Waals surface area contributed by atoms with E-state index < -0.39 is 12.0 Å². The molecule has 24 heavy (non-hydrogen) atoms. The van der Waals surface area contributed by atoms with Gasteiger partial charge in [-0.05, 0) is 36.2 Å². The molecule has 1 aliphatic heterocycles. The molecular formula is C18H17FN2O3. The smallest absolute Gasteiger partial charge is 0.284 e. The molecule has 6 heteroatoms. The van der Waals surface area contributed by atoms with Crippen molar-refractivity contribution in [1.82, 2.24) is 5.43 Å². The van der Waals surface area contributed by atoms with Crippen LogP contribution < -0.4 is 14.9 Å². The first-order valence-electron chi connectivity index (χ1n) is 7.68. The van der Waals surface area contributed by atoms with Crippen LogP contribution in [0.2, 0.25) is 0 Å². The molecular weight excluding hydrogens is 311 g/mol. The Kier molecular flexibility index (Phi) is 4.74. The predicted octanol–water partition coefficient (Wildman–Crippen LogP) is 2.90. The second-order valence-corrected chi connectivity index (χ2v) is 5.26. The highest BCUT2D eigenvalue weighted by Crippen LogP contribution is 2.30. The normalized spacial score (nSPS) is 16.6. The number of rotatable bonds is 4. The summed E-state index contributed by atoms with van der Waals surface area (Å²) in [6.45, 7) is 2.03. The van der Waals surface area contributed by atoms with E-state index >= 15 is 0 Å². The number of hydrogen-bond acceptors (Lipinski definition) is 4. The number of halogens is 1. The van der Waals surface area contributed by atoms with E-state index in [0.717, 1.165) is 5.56 Å². The average molecular weight is 328 g/mol. The van der Waals surface area contributed by atoms with Crippen LogP contribution in [0.25, 0.3) is 0 Å². The molecule has 1 N–H and O–H groups in total. The van der Waals surface area contributed by atoms with Gasteiger partial charge >= 0.3 is 0 Å². The van der Waals surface area contributed by atoms with E-state index in [0.29, 0.717) is 23.6 Å². The second-order valence-electron chi connectivity index (χ2n) is 5.26. The third-order valence-electron chi connectivity index (χ3n) is 3.61. The van der Waals surface area contributed by atoms with E-state index in [1.807, 2.05) is 19.1 Å². The molecule has 0 saturated heterocycles. The minimum absolute atomic E-state index is 0.121. The number of hydrazone groups is 1. The minimum Gasteiger partial charge on any atom is -0.485 e. The minimum atomic E-state index is -0.769. The monoisotopic (exact) mass is 328 g/mol. The van der Waals surface area contributed by atoms with E-state index in [9.17, 15) is 9.18 Å². The van der Waals surface area contributed by atoms with Crippen molar-refractivity contribution in [2.24, 2.45) is 5.10 Å². The molecule has 0 fully saturated rings. The molecule has 0 bridgehead atoms. The number of fused-ring (bicyclic) bond motifs is 1. The van der Waals surface area contributed by atoms with E-state index in [4.69, 9.17) is 9.47 Å². The Morgan fingerprint density at radius 1 is 1.21 bits per heavy atom. The van der Waals surface area contributed by atoms with Crippen LogP contribution in [0.3, 0.4) is 0 Å². The van der Waals surface area contributed by atoms with Crippen LogP contribution >= 0.6 is 0 Å². The quantitative estimate of drug-likeness (QED) is 0.693. The topological polar surface area (TPSA) is 59.9 Å². The van der Waals surface area contributed by atoms with Crippen molar-refractivity contribution in [2.45, 2.75) is 19.4 Å². The van der Waals surface area contributed by atoms with Crippen molar-refractivity contribution < 1.29 is 18.7 Å². The molecule has 0 spiro atoms. The van der Waals surface area contributed by atoms with Gasteiger partial charge in [0.05, 0.1) is 5.71 Å². The Morgan fingerprint density at radius 3 is 2.62 bits per heavy atom. The zero-order valence-corrected chi connectivity index (χ0v) is 13.2. The summed E-state index contributed by atoms with van der Waals surface area (Å²) in [4.78, 5) is 12.2. The Labute approximate surface area is 139 Å². The van der Waals surface area contributed by atoms with Crippen molar-refractivity contribution >= 4 is 11.6 Å². The second kappa shape index (κ2) is 7.12. The number of carbonyl (C=O) groups is 1. The predicted molar refractivity (Wildman–Crippen MR) is 87.7 cm³/mol. The summed E-state index contributed by atoms with van der Waals surface area (Å²) in [5, 5.41) is 4.13. The van der Waals surface area contributed by atoms with Gasteiger partial charge in [0.15, 0.2) is 11.5 Å². The summed E-state index contributed by atoms with van der Waals surface area (Å²) in [6.07, 6.45) is -0.175. The molecule has 124 valence electrons. The highest BCUT2D eigenvalue weighted by atomic mass is 19.1. The van der Waals surface area contributed by atoms with Gasteiger partial charge in [-0.3, -0.25) is 4.79 Å². The molecule has 0 radical (unpaired) electrons. The third-order valence-corrected chi connectivity index (χ3v) is 3.61. The molecule has 1 unspecified atom stereocenters. The molecule has 2 aromatic carbocycles. The SMILES string of the molecule is CC/C(=N\NC(=O)C1COc2ccccc2O1)c1ccc(F)cc1. The molecule has 1 aliphatic rings. The maximum atomic E-state index is 13.0. The van der Waals surface area contributed by atoms with E-state index in [2.05, 4.69) is 10.5 Å². The third kappa shape index (κ3) is 3.53. The van der Waals surface area contributed by atoms with Crippen LogP contribution in [0.4, 0.5) is 4.39 Å². The number of amides is 1. The first-order valence-corrected chi connectivity index (χ1v) is 7.68. The van der Waals surface area contributed by atoms with Crippen molar-refractivity contribution in [2.75, 3.05) is 6.61 Å². The molecule has 0 saturated carbocycles. The summed E-state index contributed by atoms with van der Waals surface area (Å²) in [5.41, 5.74) is 3.91. The molecule has 5 nitrogen and oxygen atoms in total. The largest absolute Gasteiger partial charge is 0.485 e. The van der Waals surface area contributed by atoms with Gasteiger partial charge in [-0.15, -0.1) is 0 Å². The van der Waals surface area contributed by atoms with Crippen molar-refractivity contribution in [3.05, 3.63) is 59.9 Å². The number of nitrogens with one attached hydrogen (secondary N) is 1. The maximum absolute atomic E-state index is 13.0. The molecule has 1 atom stereocenters. The fourth-order valence-corrected chi connectivity index (χ4v) is 2.33. The summed E-state index contributed by atoms with van der Waals surface area (Å²) < 4.78 is 24.1. The van der Waals surface area contributed by atoms with Gasteiger partial charge in [0, 0.05) is 0 Å². The maximum Gasteiger partial charge on any atom is 0.284 e. The number of ether oxygens (including phenoxy) is 2. The van der Waals surface area contributed by atoms with Crippen LogP contribution in [0, 0.1) is 5.82 Å². The molecule has 1 amide bonds. The van der Waals surface area contributed by atoms with Crippen molar-refractivity contribution in [3.8, 4) is 11.5 Å². The zero-order chi connectivity index (χ0) is 16.9. The first kappa shape index (κ1) is 16.0. The fraction of sp³-hybridized carbons (Fsp3) is 0.222. The molecule has 0 aliphatic carbocycles. The molecule has 3 rings (SSSR count). The van der Waals surface area contributed by atoms with Gasteiger partial charge in [-0.1, -0.05) is 31.2 Å². The Bertz CT molecular complexity index is 759. The number of carbonyl (C=O) groups excluding carboxylic acids is 1. The van der Waals surface area contributed by atoms with E-state index in [1.54, 1.807) is 24.3 Å². The lowest BCUT2D eigenvalue weighted by Crippen LogP contribution is -2.42. The average Bonchev–Trinajstić information content (AvgIpc) is 2.63. The standard InChI is InChI=1S/C18H17FN2O3/c1-2-14(12-7-9-13(19)10-8-12)20-21-18(22)17-11-23-15-5-3-4-6-16(15)24-17/h3-10,17H,2,11H2,1H3,(H,21,22)/b20-14+. The van der Waals surface area contributed by atoms with Crippen LogP contribution in [0.15, 0.2) is 53.6 Å². The van der Waals surface area contributed by atoms with Crippen LogP contribution in [-0.4, -0.2) is 24.3 Å². The van der Waals surface area contributed by atoms with Gasteiger partial charge in [0.2, 0.25) is 6.10 Å². The van der Waals surface area contributed by atoms with Gasteiger partial charge < -0.3 is 9.47 Å². The van der Waals surface area contributed by atoms with Crippen LogP contribution in [0.1, 0.15) is 18.9 Å². The van der Waals surface area contributed by atoms with Gasteiger partial charge in [0.1, 0.15) is 12.4 Å². The molecule has 1 heterocycles. The summed E-state index contributed by atoms with van der Waals surface area (Å²) >= 11 is 0. The Balaban J connectivity index is 1.67. The van der Waals surface area contributed by atoms with Crippen molar-refractivity contribution in [3.63, 3.8) is 0 Å². The lowest BCUT2D eigenvalue weighted by Gasteiger charge is -2.24. The van der Waals surface area contributed by atoms with Gasteiger partial charge in [-0.2, -0.15) is 5.10 Å². The zero-order valence-electron chi connectivity index (χ0n) is 13.2. The number of benzene rings is 2.